The van der Waals surface area contributed by atoms with Crippen molar-refractivity contribution in [1.82, 2.24) is 15.3 Å². The normalized spacial score (nSPS) is 19.4. The summed E-state index contributed by atoms with van der Waals surface area (Å²) in [5, 5.41) is 13.6. The van der Waals surface area contributed by atoms with Gasteiger partial charge in [-0.25, -0.2) is 4.98 Å². The molecule has 0 radical (unpaired) electrons. The van der Waals surface area contributed by atoms with Gasteiger partial charge in [0.2, 0.25) is 5.91 Å². The van der Waals surface area contributed by atoms with Crippen molar-refractivity contribution in [2.75, 3.05) is 31.6 Å². The summed E-state index contributed by atoms with van der Waals surface area (Å²) < 4.78 is 5.31. The summed E-state index contributed by atoms with van der Waals surface area (Å²) in [6.45, 7) is 3.27. The van der Waals surface area contributed by atoms with E-state index in [1.165, 1.54) is 0 Å². The van der Waals surface area contributed by atoms with Crippen LogP contribution >= 0.6 is 0 Å². The summed E-state index contributed by atoms with van der Waals surface area (Å²) in [4.78, 5) is 22.6. The number of carbonyl (C=O) groups excluding carboxylic acids is 1. The van der Waals surface area contributed by atoms with E-state index in [1.807, 2.05) is 30.0 Å². The lowest BCUT2D eigenvalue weighted by Gasteiger charge is -2.24. The van der Waals surface area contributed by atoms with Crippen LogP contribution in [0.1, 0.15) is 17.5 Å². The lowest BCUT2D eigenvalue weighted by atomic mass is 10.0. The molecule has 1 aliphatic rings. The van der Waals surface area contributed by atoms with Gasteiger partial charge in [-0.3, -0.25) is 9.78 Å². The number of methoxy groups -OCH3 is 1. The molecule has 1 aromatic heterocycles. The molecule has 0 aliphatic carbocycles. The average molecular weight is 356 g/mol. The van der Waals surface area contributed by atoms with Gasteiger partial charge in [0.25, 0.3) is 0 Å². The zero-order chi connectivity index (χ0) is 18.6. The van der Waals surface area contributed by atoms with Crippen LogP contribution in [0.25, 0.3) is 0 Å². The third kappa shape index (κ3) is 4.29. The van der Waals surface area contributed by atoms with E-state index in [2.05, 4.69) is 15.3 Å². The number of anilines is 1. The predicted molar refractivity (Wildman–Crippen MR) is 98.3 cm³/mol. The molecule has 0 bridgehead atoms. The number of benzene rings is 1. The molecule has 7 nitrogen and oxygen atoms in total. The summed E-state index contributed by atoms with van der Waals surface area (Å²) in [5.74, 6) is 1.29. The van der Waals surface area contributed by atoms with Crippen molar-refractivity contribution in [1.29, 1.82) is 0 Å². The maximum atomic E-state index is 12.3. The molecule has 2 aromatic rings. The van der Waals surface area contributed by atoms with E-state index < -0.39 is 5.60 Å². The zero-order valence-corrected chi connectivity index (χ0v) is 15.1. The maximum absolute atomic E-state index is 12.3. The Bertz CT molecular complexity index is 769. The van der Waals surface area contributed by atoms with Crippen molar-refractivity contribution in [3.05, 3.63) is 47.9 Å². The SMILES string of the molecule is COc1ccc(C)cc1CC(=O)NCC1(O)CCN(c2cnccn2)C1. The Morgan fingerprint density at radius 1 is 1.42 bits per heavy atom. The molecule has 1 fully saturated rings. The molecule has 0 spiro atoms. The molecule has 1 unspecified atom stereocenters. The van der Waals surface area contributed by atoms with Crippen molar-refractivity contribution in [3.63, 3.8) is 0 Å². The molecule has 138 valence electrons. The topological polar surface area (TPSA) is 87.6 Å². The van der Waals surface area contributed by atoms with Crippen LogP contribution in [-0.2, 0) is 11.2 Å². The van der Waals surface area contributed by atoms with Crippen LogP contribution in [-0.4, -0.2) is 53.3 Å². The van der Waals surface area contributed by atoms with Gasteiger partial charge in [0.1, 0.15) is 17.2 Å². The van der Waals surface area contributed by atoms with Gasteiger partial charge in [0.15, 0.2) is 0 Å². The molecule has 1 atom stereocenters. The van der Waals surface area contributed by atoms with Gasteiger partial charge in [-0.2, -0.15) is 0 Å². The average Bonchev–Trinajstić information content (AvgIpc) is 3.04. The van der Waals surface area contributed by atoms with E-state index in [-0.39, 0.29) is 18.9 Å². The highest BCUT2D eigenvalue weighted by Crippen LogP contribution is 2.25. The first-order chi connectivity index (χ1) is 12.5. The molecule has 7 heteroatoms. The molecular formula is C19H24N4O3. The first-order valence-corrected chi connectivity index (χ1v) is 8.63. The molecule has 3 rings (SSSR count). The highest BCUT2D eigenvalue weighted by Gasteiger charge is 2.37. The van der Waals surface area contributed by atoms with Gasteiger partial charge in [0.05, 0.1) is 19.7 Å². The van der Waals surface area contributed by atoms with Crippen LogP contribution in [0.2, 0.25) is 0 Å². The lowest BCUT2D eigenvalue weighted by Crippen LogP contribution is -2.45. The van der Waals surface area contributed by atoms with Gasteiger partial charge < -0.3 is 20.1 Å². The number of aliphatic hydroxyl groups is 1. The third-order valence-corrected chi connectivity index (χ3v) is 4.61. The fourth-order valence-electron chi connectivity index (χ4n) is 3.19. The van der Waals surface area contributed by atoms with E-state index in [1.54, 1.807) is 25.7 Å². The van der Waals surface area contributed by atoms with E-state index in [0.29, 0.717) is 25.3 Å². The lowest BCUT2D eigenvalue weighted by molar-refractivity contribution is -0.121. The van der Waals surface area contributed by atoms with Crippen LogP contribution < -0.4 is 15.0 Å². The third-order valence-electron chi connectivity index (χ3n) is 4.61. The fourth-order valence-corrected chi connectivity index (χ4v) is 3.19. The number of nitrogens with zero attached hydrogens (tertiary/aromatic N) is 3. The quantitative estimate of drug-likeness (QED) is 0.806. The van der Waals surface area contributed by atoms with E-state index >= 15 is 0 Å². The number of amides is 1. The standard InChI is InChI=1S/C19H24N4O3/c1-14-3-4-16(26-2)15(9-14)10-18(24)22-12-19(25)5-8-23(13-19)17-11-20-6-7-21-17/h3-4,6-7,9,11,25H,5,8,10,12-13H2,1-2H3,(H,22,24). The van der Waals surface area contributed by atoms with Crippen molar-refractivity contribution < 1.29 is 14.6 Å². The van der Waals surface area contributed by atoms with Crippen LogP contribution in [0.4, 0.5) is 5.82 Å². The van der Waals surface area contributed by atoms with E-state index in [4.69, 9.17) is 4.74 Å². The molecule has 26 heavy (non-hydrogen) atoms. The molecule has 1 amide bonds. The zero-order valence-electron chi connectivity index (χ0n) is 15.1. The largest absolute Gasteiger partial charge is 0.496 e. The minimum atomic E-state index is -0.968. The first-order valence-electron chi connectivity index (χ1n) is 8.63. The summed E-state index contributed by atoms with van der Waals surface area (Å²) >= 11 is 0. The highest BCUT2D eigenvalue weighted by molar-refractivity contribution is 5.79. The van der Waals surface area contributed by atoms with Gasteiger partial charge in [0, 0.05) is 37.6 Å². The summed E-state index contributed by atoms with van der Waals surface area (Å²) in [7, 11) is 1.59. The van der Waals surface area contributed by atoms with Gasteiger partial charge in [-0.15, -0.1) is 0 Å². The molecule has 0 saturated carbocycles. The van der Waals surface area contributed by atoms with Gasteiger partial charge in [-0.1, -0.05) is 17.7 Å². The highest BCUT2D eigenvalue weighted by atomic mass is 16.5. The van der Waals surface area contributed by atoms with E-state index in [0.717, 1.165) is 16.9 Å². The monoisotopic (exact) mass is 356 g/mol. The number of hydrogen-bond donors (Lipinski definition) is 2. The fraction of sp³-hybridized carbons (Fsp3) is 0.421. The van der Waals surface area contributed by atoms with Crippen molar-refractivity contribution in [2.24, 2.45) is 0 Å². The van der Waals surface area contributed by atoms with Crippen molar-refractivity contribution >= 4 is 11.7 Å². The number of aryl methyl sites for hydroxylation is 1. The van der Waals surface area contributed by atoms with Gasteiger partial charge >= 0.3 is 0 Å². The smallest absolute Gasteiger partial charge is 0.224 e. The Morgan fingerprint density at radius 3 is 3.00 bits per heavy atom. The van der Waals surface area contributed by atoms with Crippen molar-refractivity contribution in [3.8, 4) is 5.75 Å². The number of carbonyl (C=O) groups is 1. The van der Waals surface area contributed by atoms with Crippen LogP contribution in [0, 0.1) is 6.92 Å². The number of rotatable bonds is 6. The Kier molecular flexibility index (Phi) is 5.37. The number of hydrogen-bond acceptors (Lipinski definition) is 6. The Morgan fingerprint density at radius 2 is 2.27 bits per heavy atom. The van der Waals surface area contributed by atoms with Crippen LogP contribution in [0.5, 0.6) is 5.75 Å². The minimum Gasteiger partial charge on any atom is -0.496 e. The summed E-state index contributed by atoms with van der Waals surface area (Å²) in [6, 6.07) is 5.75. The molecule has 1 aromatic carbocycles. The number of aromatic nitrogens is 2. The molecular weight excluding hydrogens is 332 g/mol. The number of nitrogens with one attached hydrogen (secondary N) is 1. The first kappa shape index (κ1) is 18.1. The Balaban J connectivity index is 1.55. The Labute approximate surface area is 153 Å². The van der Waals surface area contributed by atoms with Crippen molar-refractivity contribution in [2.45, 2.75) is 25.4 Å². The summed E-state index contributed by atoms with van der Waals surface area (Å²) in [6.07, 6.45) is 5.70. The predicted octanol–water partition coefficient (Wildman–Crippen LogP) is 1.09. The van der Waals surface area contributed by atoms with E-state index in [9.17, 15) is 9.90 Å². The summed E-state index contributed by atoms with van der Waals surface area (Å²) in [5.41, 5.74) is 0.941. The van der Waals surface area contributed by atoms with Gasteiger partial charge in [-0.05, 0) is 19.4 Å². The number of β-amino-alcohol motifs (C(OH)–C–C–N with tert-alkyl or cyclic N) is 1. The van der Waals surface area contributed by atoms with Crippen LogP contribution in [0.3, 0.4) is 0 Å². The van der Waals surface area contributed by atoms with Crippen LogP contribution in [0.15, 0.2) is 36.8 Å². The molecule has 2 N–H and O–H groups in total. The Hall–Kier alpha value is -2.67. The molecule has 2 heterocycles. The number of ether oxygens (including phenoxy) is 1. The second kappa shape index (κ2) is 7.70. The maximum Gasteiger partial charge on any atom is 0.224 e. The molecule has 1 saturated heterocycles. The minimum absolute atomic E-state index is 0.139. The second-order valence-corrected chi connectivity index (χ2v) is 6.73. The second-order valence-electron chi connectivity index (χ2n) is 6.73. The molecule has 1 aliphatic heterocycles.